The van der Waals surface area contributed by atoms with E-state index in [0.29, 0.717) is 43.2 Å². The normalized spacial score (nSPS) is 14.4. The fourth-order valence-corrected chi connectivity index (χ4v) is 3.81. The standard InChI is InChI=1S/C20H23FN4O4S/c1-13-10-17(24-29-13)23-20(28)14-6-8-25(9-7-14)19(27)12-30-11-18(26)22-16-4-2-15(21)3-5-16/h2-5,10,14H,6-9,11-12H2,1H3,(H,22,26)(H,23,24,28). The number of carbonyl (C=O) groups is 3. The van der Waals surface area contributed by atoms with E-state index in [1.807, 2.05) is 0 Å². The Morgan fingerprint density at radius 3 is 2.50 bits per heavy atom. The smallest absolute Gasteiger partial charge is 0.234 e. The third kappa shape index (κ3) is 6.31. The number of nitrogens with zero attached hydrogens (tertiary/aromatic N) is 2. The van der Waals surface area contributed by atoms with Crippen molar-refractivity contribution in [1.82, 2.24) is 10.1 Å². The lowest BCUT2D eigenvalue weighted by molar-refractivity contribution is -0.132. The van der Waals surface area contributed by atoms with Crippen LogP contribution in [0, 0.1) is 18.7 Å². The summed E-state index contributed by atoms with van der Waals surface area (Å²) >= 11 is 1.22. The molecule has 2 heterocycles. The van der Waals surface area contributed by atoms with Gasteiger partial charge in [-0.25, -0.2) is 4.39 Å². The van der Waals surface area contributed by atoms with Crippen LogP contribution in [0.25, 0.3) is 0 Å². The Balaban J connectivity index is 1.34. The molecule has 1 aliphatic heterocycles. The maximum absolute atomic E-state index is 12.9. The molecule has 1 saturated heterocycles. The van der Waals surface area contributed by atoms with Gasteiger partial charge in [0.25, 0.3) is 0 Å². The van der Waals surface area contributed by atoms with E-state index in [0.717, 1.165) is 0 Å². The maximum Gasteiger partial charge on any atom is 0.234 e. The van der Waals surface area contributed by atoms with Crippen molar-refractivity contribution < 1.29 is 23.3 Å². The molecule has 0 radical (unpaired) electrons. The monoisotopic (exact) mass is 434 g/mol. The SMILES string of the molecule is Cc1cc(NC(=O)C2CCN(C(=O)CSCC(=O)Nc3ccc(F)cc3)CC2)no1. The minimum absolute atomic E-state index is 0.0550. The number of nitrogens with one attached hydrogen (secondary N) is 2. The number of hydrogen-bond acceptors (Lipinski definition) is 6. The van der Waals surface area contributed by atoms with Gasteiger partial charge in [-0.2, -0.15) is 0 Å². The van der Waals surface area contributed by atoms with Gasteiger partial charge in [-0.1, -0.05) is 5.16 Å². The fourth-order valence-electron chi connectivity index (χ4n) is 3.10. The summed E-state index contributed by atoms with van der Waals surface area (Å²) in [6, 6.07) is 7.14. The van der Waals surface area contributed by atoms with E-state index in [9.17, 15) is 18.8 Å². The van der Waals surface area contributed by atoms with Gasteiger partial charge in [-0.05, 0) is 44.0 Å². The highest BCUT2D eigenvalue weighted by Gasteiger charge is 2.27. The highest BCUT2D eigenvalue weighted by molar-refractivity contribution is 8.00. The van der Waals surface area contributed by atoms with Crippen LogP contribution in [0.15, 0.2) is 34.9 Å². The molecule has 3 rings (SSSR count). The number of thioether (sulfide) groups is 1. The first-order chi connectivity index (χ1) is 14.4. The number of carbonyl (C=O) groups excluding carboxylic acids is 3. The van der Waals surface area contributed by atoms with Gasteiger partial charge >= 0.3 is 0 Å². The molecule has 1 aromatic heterocycles. The lowest BCUT2D eigenvalue weighted by Gasteiger charge is -2.31. The Kier molecular flexibility index (Phi) is 7.45. The van der Waals surface area contributed by atoms with Crippen molar-refractivity contribution in [2.75, 3.05) is 35.2 Å². The minimum atomic E-state index is -0.373. The van der Waals surface area contributed by atoms with Gasteiger partial charge in [0, 0.05) is 30.8 Å². The molecule has 8 nitrogen and oxygen atoms in total. The summed E-state index contributed by atoms with van der Waals surface area (Å²) in [6.45, 7) is 2.74. The zero-order valence-electron chi connectivity index (χ0n) is 16.5. The number of benzene rings is 1. The summed E-state index contributed by atoms with van der Waals surface area (Å²) in [5.74, 6) is 0.342. The second-order valence-electron chi connectivity index (χ2n) is 7.01. The number of piperidine rings is 1. The molecule has 1 aliphatic rings. The van der Waals surface area contributed by atoms with Crippen LogP contribution in [-0.2, 0) is 14.4 Å². The molecule has 30 heavy (non-hydrogen) atoms. The molecule has 0 bridgehead atoms. The number of hydrogen-bond donors (Lipinski definition) is 2. The van der Waals surface area contributed by atoms with Gasteiger partial charge in [0.05, 0.1) is 11.5 Å². The third-order valence-electron chi connectivity index (χ3n) is 4.68. The van der Waals surface area contributed by atoms with Gasteiger partial charge in [0.2, 0.25) is 17.7 Å². The molecule has 2 N–H and O–H groups in total. The number of rotatable bonds is 7. The predicted molar refractivity (Wildman–Crippen MR) is 112 cm³/mol. The van der Waals surface area contributed by atoms with Gasteiger partial charge < -0.3 is 20.1 Å². The van der Waals surface area contributed by atoms with Crippen LogP contribution in [0.1, 0.15) is 18.6 Å². The Bertz CT molecular complexity index is 894. The number of aromatic nitrogens is 1. The van der Waals surface area contributed by atoms with Crippen LogP contribution < -0.4 is 10.6 Å². The lowest BCUT2D eigenvalue weighted by Crippen LogP contribution is -2.42. The summed E-state index contributed by atoms with van der Waals surface area (Å²) in [6.07, 6.45) is 1.15. The number of likely N-dealkylation sites (tertiary alicyclic amines) is 1. The number of halogens is 1. The van der Waals surface area contributed by atoms with Crippen molar-refractivity contribution >= 4 is 41.0 Å². The average molecular weight is 434 g/mol. The van der Waals surface area contributed by atoms with E-state index >= 15 is 0 Å². The fraction of sp³-hybridized carbons (Fsp3) is 0.400. The first-order valence-corrected chi connectivity index (χ1v) is 10.7. The molecule has 10 heteroatoms. The Morgan fingerprint density at radius 1 is 1.17 bits per heavy atom. The van der Waals surface area contributed by atoms with Crippen LogP contribution in [0.3, 0.4) is 0 Å². The highest BCUT2D eigenvalue weighted by atomic mass is 32.2. The van der Waals surface area contributed by atoms with Crippen molar-refractivity contribution in [3.05, 3.63) is 41.9 Å². The molecule has 0 atom stereocenters. The molecule has 1 aromatic carbocycles. The molecule has 0 spiro atoms. The van der Waals surface area contributed by atoms with Gasteiger partial charge in [0.1, 0.15) is 11.6 Å². The number of anilines is 2. The zero-order chi connectivity index (χ0) is 21.5. The number of amides is 3. The Labute approximate surface area is 177 Å². The highest BCUT2D eigenvalue weighted by Crippen LogP contribution is 2.20. The maximum atomic E-state index is 12.9. The lowest BCUT2D eigenvalue weighted by atomic mass is 9.96. The van der Waals surface area contributed by atoms with E-state index in [4.69, 9.17) is 4.52 Å². The van der Waals surface area contributed by atoms with Gasteiger partial charge in [-0.3, -0.25) is 14.4 Å². The molecule has 3 amide bonds. The minimum Gasteiger partial charge on any atom is -0.360 e. The van der Waals surface area contributed by atoms with Gasteiger partial charge in [-0.15, -0.1) is 11.8 Å². The van der Waals surface area contributed by atoms with E-state index < -0.39 is 0 Å². The summed E-state index contributed by atoms with van der Waals surface area (Å²) in [7, 11) is 0. The summed E-state index contributed by atoms with van der Waals surface area (Å²) in [4.78, 5) is 38.3. The second kappa shape index (κ2) is 10.2. The van der Waals surface area contributed by atoms with Crippen molar-refractivity contribution in [2.24, 2.45) is 5.92 Å². The molecular formula is C20H23FN4O4S. The second-order valence-corrected chi connectivity index (χ2v) is 8.00. The van der Waals surface area contributed by atoms with E-state index in [1.54, 1.807) is 17.9 Å². The predicted octanol–water partition coefficient (Wildman–Crippen LogP) is 2.67. The molecule has 2 aromatic rings. The van der Waals surface area contributed by atoms with Crippen LogP contribution in [0.4, 0.5) is 15.9 Å². The Hall–Kier alpha value is -2.88. The third-order valence-corrected chi connectivity index (χ3v) is 5.60. The van der Waals surface area contributed by atoms with Gasteiger partial charge in [0.15, 0.2) is 5.82 Å². The topological polar surface area (TPSA) is 105 Å². The number of aryl methyl sites for hydroxylation is 1. The van der Waals surface area contributed by atoms with Crippen LogP contribution in [0.2, 0.25) is 0 Å². The van der Waals surface area contributed by atoms with E-state index in [2.05, 4.69) is 15.8 Å². The molecule has 0 saturated carbocycles. The average Bonchev–Trinajstić information content (AvgIpc) is 3.14. The summed E-state index contributed by atoms with van der Waals surface area (Å²) in [5, 5.41) is 9.13. The van der Waals surface area contributed by atoms with Crippen molar-refractivity contribution in [1.29, 1.82) is 0 Å². The van der Waals surface area contributed by atoms with Crippen LogP contribution in [0.5, 0.6) is 0 Å². The molecular weight excluding hydrogens is 411 g/mol. The van der Waals surface area contributed by atoms with Crippen LogP contribution in [-0.4, -0.2) is 52.4 Å². The molecule has 0 unspecified atom stereocenters. The first-order valence-electron chi connectivity index (χ1n) is 9.56. The zero-order valence-corrected chi connectivity index (χ0v) is 17.3. The molecule has 0 aliphatic carbocycles. The quantitative estimate of drug-likeness (QED) is 0.694. The van der Waals surface area contributed by atoms with E-state index in [-0.39, 0.29) is 41.0 Å². The van der Waals surface area contributed by atoms with E-state index in [1.165, 1.54) is 36.0 Å². The van der Waals surface area contributed by atoms with Crippen LogP contribution >= 0.6 is 11.8 Å². The van der Waals surface area contributed by atoms with Crippen molar-refractivity contribution in [2.45, 2.75) is 19.8 Å². The summed E-state index contributed by atoms with van der Waals surface area (Å²) < 4.78 is 17.8. The first kappa shape index (κ1) is 21.8. The molecule has 1 fully saturated rings. The van der Waals surface area contributed by atoms with Crippen molar-refractivity contribution in [3.8, 4) is 0 Å². The summed E-state index contributed by atoms with van der Waals surface area (Å²) in [5.41, 5.74) is 0.509. The Morgan fingerprint density at radius 2 is 1.87 bits per heavy atom. The van der Waals surface area contributed by atoms with Crippen molar-refractivity contribution in [3.63, 3.8) is 0 Å². The molecule has 160 valence electrons. The largest absolute Gasteiger partial charge is 0.360 e.